The summed E-state index contributed by atoms with van der Waals surface area (Å²) in [4.78, 5) is 22.1. The van der Waals surface area contributed by atoms with E-state index in [9.17, 15) is 9.59 Å². The molecule has 0 amide bonds. The second-order valence-electron chi connectivity index (χ2n) is 2.06. The van der Waals surface area contributed by atoms with Crippen molar-refractivity contribution < 1.29 is 19.1 Å². The summed E-state index contributed by atoms with van der Waals surface area (Å²) >= 11 is 0. The van der Waals surface area contributed by atoms with Crippen molar-refractivity contribution in [3.63, 3.8) is 0 Å². The quantitative estimate of drug-likeness (QED) is 0.548. The minimum absolute atomic E-state index is 0.325. The van der Waals surface area contributed by atoms with Gasteiger partial charge in [0.25, 0.3) is 0 Å². The van der Waals surface area contributed by atoms with Gasteiger partial charge in [0.15, 0.2) is 0 Å². The van der Waals surface area contributed by atoms with Crippen LogP contribution < -0.4 is 0 Å². The zero-order valence-corrected chi connectivity index (χ0v) is 7.42. The van der Waals surface area contributed by atoms with Gasteiger partial charge in [-0.3, -0.25) is 0 Å². The Kier molecular flexibility index (Phi) is 3.00. The molecule has 1 aromatic heterocycles. The lowest BCUT2D eigenvalue weighted by atomic mass is 10.3. The van der Waals surface area contributed by atoms with E-state index in [0.29, 0.717) is 0 Å². The van der Waals surface area contributed by atoms with E-state index in [2.05, 4.69) is 30.1 Å². The molecule has 0 aliphatic carbocycles. The standard InChI is InChI=1S/C6H6N4O4/c1-13-5(11)3-4(6(12)14-2)8-10-9-7-3/h1-2H3. The molecule has 14 heavy (non-hydrogen) atoms. The molecule has 1 rings (SSSR count). The van der Waals surface area contributed by atoms with Crippen molar-refractivity contribution in [1.82, 2.24) is 20.6 Å². The Balaban J connectivity index is 3.15. The Morgan fingerprint density at radius 1 is 0.929 bits per heavy atom. The zero-order chi connectivity index (χ0) is 10.6. The molecule has 0 fully saturated rings. The van der Waals surface area contributed by atoms with Crippen molar-refractivity contribution in [3.8, 4) is 0 Å². The van der Waals surface area contributed by atoms with E-state index >= 15 is 0 Å². The van der Waals surface area contributed by atoms with E-state index in [1.807, 2.05) is 0 Å². The Bertz CT molecular complexity index is 332. The van der Waals surface area contributed by atoms with Gasteiger partial charge < -0.3 is 9.47 Å². The Hall–Kier alpha value is -2.12. The summed E-state index contributed by atoms with van der Waals surface area (Å²) in [6, 6.07) is 0. The normalized spacial score (nSPS) is 9.29. The molecule has 0 aliphatic heterocycles. The highest BCUT2D eigenvalue weighted by atomic mass is 16.5. The van der Waals surface area contributed by atoms with Crippen LogP contribution in [0.5, 0.6) is 0 Å². The van der Waals surface area contributed by atoms with Crippen LogP contribution in [0.3, 0.4) is 0 Å². The minimum Gasteiger partial charge on any atom is -0.464 e. The fourth-order valence-electron chi connectivity index (χ4n) is 0.693. The highest BCUT2D eigenvalue weighted by Gasteiger charge is 2.22. The third-order valence-corrected chi connectivity index (χ3v) is 1.31. The second-order valence-corrected chi connectivity index (χ2v) is 2.06. The predicted octanol–water partition coefficient (Wildman–Crippen LogP) is -1.16. The zero-order valence-electron chi connectivity index (χ0n) is 7.42. The van der Waals surface area contributed by atoms with E-state index in [1.165, 1.54) is 0 Å². The molecule has 0 spiro atoms. The number of aromatic nitrogens is 4. The molecule has 8 heteroatoms. The van der Waals surface area contributed by atoms with Gasteiger partial charge in [0, 0.05) is 0 Å². The monoisotopic (exact) mass is 198 g/mol. The first-order valence-corrected chi connectivity index (χ1v) is 3.43. The molecule has 1 aromatic rings. The lowest BCUT2D eigenvalue weighted by Crippen LogP contribution is -2.18. The van der Waals surface area contributed by atoms with Crippen molar-refractivity contribution >= 4 is 11.9 Å². The second kappa shape index (κ2) is 4.21. The smallest absolute Gasteiger partial charge is 0.361 e. The van der Waals surface area contributed by atoms with Gasteiger partial charge in [-0.05, 0) is 10.4 Å². The first-order valence-electron chi connectivity index (χ1n) is 3.43. The van der Waals surface area contributed by atoms with E-state index in [4.69, 9.17) is 0 Å². The SMILES string of the molecule is COC(=O)c1nnnnc1C(=O)OC. The van der Waals surface area contributed by atoms with Crippen LogP contribution in [0.25, 0.3) is 0 Å². The third-order valence-electron chi connectivity index (χ3n) is 1.31. The van der Waals surface area contributed by atoms with Crippen LogP contribution in [-0.2, 0) is 9.47 Å². The fraction of sp³-hybridized carbons (Fsp3) is 0.333. The van der Waals surface area contributed by atoms with Gasteiger partial charge in [0.1, 0.15) is 0 Å². The molecule has 0 bridgehead atoms. The summed E-state index contributed by atoms with van der Waals surface area (Å²) in [5.74, 6) is -1.65. The van der Waals surface area contributed by atoms with Crippen LogP contribution in [0.4, 0.5) is 0 Å². The molecular weight excluding hydrogens is 192 g/mol. The highest BCUT2D eigenvalue weighted by molar-refractivity contribution is 5.99. The summed E-state index contributed by atoms with van der Waals surface area (Å²) in [6.45, 7) is 0. The Morgan fingerprint density at radius 3 is 1.57 bits per heavy atom. The molecule has 0 atom stereocenters. The average Bonchev–Trinajstić information content (AvgIpc) is 2.27. The fourth-order valence-corrected chi connectivity index (χ4v) is 0.693. The van der Waals surface area contributed by atoms with Gasteiger partial charge in [-0.25, -0.2) is 9.59 Å². The number of rotatable bonds is 2. The van der Waals surface area contributed by atoms with Crippen LogP contribution in [0.15, 0.2) is 0 Å². The van der Waals surface area contributed by atoms with E-state index in [0.717, 1.165) is 14.2 Å². The molecule has 8 nitrogen and oxygen atoms in total. The lowest BCUT2D eigenvalue weighted by Gasteiger charge is -2.00. The molecule has 0 aliphatic rings. The van der Waals surface area contributed by atoms with Crippen LogP contribution in [0.2, 0.25) is 0 Å². The molecule has 0 saturated heterocycles. The summed E-state index contributed by atoms with van der Waals surface area (Å²) in [5.41, 5.74) is -0.649. The molecule has 0 unspecified atom stereocenters. The van der Waals surface area contributed by atoms with Gasteiger partial charge in [-0.2, -0.15) is 0 Å². The maximum Gasteiger partial charge on any atom is 0.361 e. The van der Waals surface area contributed by atoms with Crippen molar-refractivity contribution in [3.05, 3.63) is 11.4 Å². The largest absolute Gasteiger partial charge is 0.464 e. The van der Waals surface area contributed by atoms with Crippen molar-refractivity contribution in [2.24, 2.45) is 0 Å². The molecule has 0 saturated carbocycles. The summed E-state index contributed by atoms with van der Waals surface area (Å²) in [5, 5.41) is 12.9. The number of hydrogen-bond donors (Lipinski definition) is 0. The Morgan fingerprint density at radius 2 is 1.29 bits per heavy atom. The summed E-state index contributed by atoms with van der Waals surface area (Å²) < 4.78 is 8.71. The van der Waals surface area contributed by atoms with Gasteiger partial charge in [0.05, 0.1) is 14.2 Å². The van der Waals surface area contributed by atoms with Crippen molar-refractivity contribution in [2.45, 2.75) is 0 Å². The number of carbonyl (C=O) groups is 2. The summed E-state index contributed by atoms with van der Waals surface area (Å²) in [6.07, 6.45) is 0. The lowest BCUT2D eigenvalue weighted by molar-refractivity contribution is 0.0540. The number of hydrogen-bond acceptors (Lipinski definition) is 8. The molecule has 0 N–H and O–H groups in total. The molecule has 1 heterocycles. The van der Waals surface area contributed by atoms with Gasteiger partial charge in [-0.1, -0.05) is 0 Å². The van der Waals surface area contributed by atoms with E-state index in [-0.39, 0.29) is 11.4 Å². The number of methoxy groups -OCH3 is 2. The van der Waals surface area contributed by atoms with Crippen molar-refractivity contribution in [1.29, 1.82) is 0 Å². The number of nitrogens with zero attached hydrogens (tertiary/aromatic N) is 4. The average molecular weight is 198 g/mol. The number of esters is 2. The van der Waals surface area contributed by atoms with Crippen molar-refractivity contribution in [2.75, 3.05) is 14.2 Å². The number of ether oxygens (including phenoxy) is 2. The maximum atomic E-state index is 11.1. The van der Waals surface area contributed by atoms with E-state index < -0.39 is 11.9 Å². The Labute approximate surface area is 78.2 Å². The van der Waals surface area contributed by atoms with Gasteiger partial charge in [-0.15, -0.1) is 10.2 Å². The molecule has 0 radical (unpaired) electrons. The van der Waals surface area contributed by atoms with Crippen LogP contribution >= 0.6 is 0 Å². The van der Waals surface area contributed by atoms with Gasteiger partial charge in [0.2, 0.25) is 11.4 Å². The highest BCUT2D eigenvalue weighted by Crippen LogP contribution is 2.02. The first kappa shape index (κ1) is 9.96. The number of carbonyl (C=O) groups excluding carboxylic acids is 2. The molecule has 74 valence electrons. The minimum atomic E-state index is -0.826. The van der Waals surface area contributed by atoms with E-state index in [1.54, 1.807) is 0 Å². The topological polar surface area (TPSA) is 104 Å². The molecule has 0 aromatic carbocycles. The first-order chi connectivity index (χ1) is 6.70. The maximum absolute atomic E-state index is 11.1. The van der Waals surface area contributed by atoms with Crippen LogP contribution in [-0.4, -0.2) is 46.8 Å². The third kappa shape index (κ3) is 1.79. The van der Waals surface area contributed by atoms with Gasteiger partial charge >= 0.3 is 11.9 Å². The van der Waals surface area contributed by atoms with Crippen LogP contribution in [0.1, 0.15) is 21.0 Å². The predicted molar refractivity (Wildman–Crippen MR) is 40.3 cm³/mol. The molecular formula is C6H6N4O4. The summed E-state index contributed by atoms with van der Waals surface area (Å²) in [7, 11) is 2.29. The van der Waals surface area contributed by atoms with Crippen LogP contribution in [0, 0.1) is 0 Å².